The van der Waals surface area contributed by atoms with E-state index in [-0.39, 0.29) is 5.41 Å². The Kier molecular flexibility index (Phi) is 16.3. The van der Waals surface area contributed by atoms with Crippen molar-refractivity contribution in [2.75, 3.05) is 0 Å². The number of rotatable bonds is 6. The van der Waals surface area contributed by atoms with E-state index in [1.54, 1.807) is 12.3 Å². The van der Waals surface area contributed by atoms with Gasteiger partial charge >= 0.3 is 0 Å². The monoisotopic (exact) mass is 1280 g/mol. The summed E-state index contributed by atoms with van der Waals surface area (Å²) in [5.74, 6) is 0.513. The maximum atomic E-state index is 7.56. The van der Waals surface area contributed by atoms with Crippen molar-refractivity contribution < 1.29 is 22.4 Å². The van der Waals surface area contributed by atoms with Crippen molar-refractivity contribution in [3.63, 3.8) is 0 Å². The molecule has 486 valence electrons. The number of hydrogen-bond donors (Lipinski definition) is 0. The molecule has 0 aliphatic rings. The minimum atomic E-state index is -2.10. The van der Waals surface area contributed by atoms with E-state index >= 15 is 0 Å². The Bertz CT molecular complexity index is 5870. The zero-order valence-electron chi connectivity index (χ0n) is 62.2. The van der Waals surface area contributed by atoms with E-state index in [0.717, 1.165) is 90.0 Å². The van der Waals surface area contributed by atoms with Gasteiger partial charge in [-0.25, -0.2) is 38.2 Å². The molecule has 16 rings (SSSR count). The van der Waals surface area contributed by atoms with Crippen LogP contribution in [0.2, 0.25) is 0 Å². The van der Waals surface area contributed by atoms with Crippen LogP contribution in [0, 0.1) is 67.7 Å². The molecule has 0 spiro atoms. The average molecular weight is 1280 g/mol. The van der Waals surface area contributed by atoms with E-state index in [9.17, 15) is 0 Å². The first kappa shape index (κ1) is 61.2. The zero-order chi connectivity index (χ0) is 71.0. The minimum Gasteiger partial charge on any atom is -0.300 e. The highest BCUT2D eigenvalue weighted by Crippen LogP contribution is 2.34. The molecule has 0 unspecified atom stereocenters. The molecule has 0 saturated carbocycles. The second kappa shape index (κ2) is 25.8. The molecule has 0 aliphatic carbocycles. The first-order valence-corrected chi connectivity index (χ1v) is 33.5. The van der Waals surface area contributed by atoms with Crippen molar-refractivity contribution in [1.29, 1.82) is 0 Å². The van der Waals surface area contributed by atoms with Gasteiger partial charge < -0.3 is 0 Å². The second-order valence-electron chi connectivity index (χ2n) is 28.1. The van der Waals surface area contributed by atoms with Crippen molar-refractivity contribution >= 4 is 66.7 Å². The number of nitrogens with zero attached hydrogens (tertiary/aromatic N) is 12. The first-order valence-electron chi connectivity index (χ1n) is 35.0. The van der Waals surface area contributed by atoms with Crippen molar-refractivity contribution in [2.24, 2.45) is 33.6 Å². The van der Waals surface area contributed by atoms with Crippen molar-refractivity contribution in [1.82, 2.24) is 37.5 Å². The fourth-order valence-electron chi connectivity index (χ4n) is 13.9. The summed E-state index contributed by atoms with van der Waals surface area (Å²) >= 11 is 0. The molecule has 12 aromatic heterocycles. The summed E-state index contributed by atoms with van der Waals surface area (Å²) in [5.41, 5.74) is 35.6. The minimum absolute atomic E-state index is 0.266. The van der Waals surface area contributed by atoms with Crippen LogP contribution in [0.15, 0.2) is 201 Å². The van der Waals surface area contributed by atoms with Crippen molar-refractivity contribution in [3.8, 4) is 45.0 Å². The molecule has 0 bridgehead atoms. The van der Waals surface area contributed by atoms with Crippen LogP contribution >= 0.6 is 0 Å². The standard InChI is InChI=1S/C24H28N3.C22H24N3.C20H20N3.C19H18N3/c1-16-11-22-20(25-23-9-7-8-10-27(22)23)13-19(16)21-12-18(14-24(3,4)5)17(2)15-26(21)6;1-14(2)17-12-20(24(5)13-16(17)4)18-11-19-21(10-15(18)3)25-9-7-6-8-22(25)23-19;1-13-9-18(22(4)12-15(13)3)16-11-17-19(10-14(16)2)23-8-6-5-7-20(23)21-17;1-13-7-8-17(21(3)12-13)15-11-16-18(10-14(15)2)22-9-5-4-6-19(22)20-16/h7-13,15H,14H2,1-6H3;6-14H,1-5H3;5-12H,1-4H3;4-12H,1-3H3/q4*+1/i;;;1D3. The molecule has 12 nitrogen and oxygen atoms in total. The molecular weight excluding hydrogens is 1190 g/mol. The summed E-state index contributed by atoms with van der Waals surface area (Å²) in [6.45, 7) is 26.6. The van der Waals surface area contributed by atoms with E-state index in [4.69, 9.17) is 24.0 Å². The number of fused-ring (bicyclic) bond motifs is 12. The molecule has 0 saturated heterocycles. The van der Waals surface area contributed by atoms with Crippen LogP contribution < -0.4 is 18.3 Å². The van der Waals surface area contributed by atoms with Crippen LogP contribution in [0.25, 0.3) is 112 Å². The Balaban J connectivity index is 0.000000120. The number of hydrogen-bond acceptors (Lipinski definition) is 4. The summed E-state index contributed by atoms with van der Waals surface area (Å²) < 4.78 is 39.8. The van der Waals surface area contributed by atoms with Gasteiger partial charge in [0, 0.05) is 75.4 Å². The van der Waals surface area contributed by atoms with Crippen LogP contribution in [0.1, 0.15) is 106 Å². The van der Waals surface area contributed by atoms with E-state index < -0.39 is 6.85 Å². The number of imidazole rings is 4. The summed E-state index contributed by atoms with van der Waals surface area (Å²) in [6, 6.07) is 52.5. The normalized spacial score (nSPS) is 12.3. The third kappa shape index (κ3) is 12.8. The van der Waals surface area contributed by atoms with Crippen LogP contribution in [-0.2, 0) is 34.6 Å². The first-order chi connectivity index (χ1) is 47.6. The predicted molar refractivity (Wildman–Crippen MR) is 397 cm³/mol. The molecule has 16 aromatic rings. The van der Waals surface area contributed by atoms with E-state index in [1.807, 2.05) is 78.5 Å². The lowest BCUT2D eigenvalue weighted by molar-refractivity contribution is -0.660. The summed E-state index contributed by atoms with van der Waals surface area (Å²) in [7, 11) is 8.24. The highest BCUT2D eigenvalue weighted by molar-refractivity contribution is 5.90. The molecule has 0 N–H and O–H groups in total. The largest absolute Gasteiger partial charge is 0.300 e. The smallest absolute Gasteiger partial charge is 0.212 e. The molecule has 0 fully saturated rings. The van der Waals surface area contributed by atoms with Gasteiger partial charge in [-0.05, 0) is 222 Å². The van der Waals surface area contributed by atoms with Gasteiger partial charge in [-0.15, -0.1) is 0 Å². The number of aromatic nitrogens is 12. The fraction of sp³-hybridized carbons (Fsp3) is 0.247. The number of aryl methyl sites for hydroxylation is 13. The zero-order valence-corrected chi connectivity index (χ0v) is 59.2. The Morgan fingerprint density at radius 2 is 0.722 bits per heavy atom. The van der Waals surface area contributed by atoms with Gasteiger partial charge in [-0.1, -0.05) is 58.9 Å². The van der Waals surface area contributed by atoms with Gasteiger partial charge in [0.25, 0.3) is 0 Å². The molecule has 97 heavy (non-hydrogen) atoms. The molecular formula is C85H90N12+4. The van der Waals surface area contributed by atoms with Crippen LogP contribution in [0.5, 0.6) is 0 Å². The third-order valence-corrected chi connectivity index (χ3v) is 19.0. The molecule has 12 heterocycles. The molecule has 0 amide bonds. The van der Waals surface area contributed by atoms with Crippen LogP contribution in [0.3, 0.4) is 0 Å². The van der Waals surface area contributed by atoms with E-state index in [2.05, 4.69) is 265 Å². The lowest BCUT2D eigenvalue weighted by Gasteiger charge is -2.19. The second-order valence-corrected chi connectivity index (χ2v) is 28.1. The topological polar surface area (TPSA) is 84.7 Å². The Hall–Kier alpha value is -10.7. The van der Waals surface area contributed by atoms with Gasteiger partial charge in [0.05, 0.1) is 66.4 Å². The average Bonchev–Trinajstić information content (AvgIpc) is 1.47. The summed E-state index contributed by atoms with van der Waals surface area (Å²) in [6.07, 6.45) is 17.7. The SMILES string of the molecule is Cc1c[n+](C)c(-c2cc3nc4ccccn4c3cc2C)cc1CC(C)(C)C.Cc1cc(-c2cc3nc4ccccn4c3cc2C)[n+](C)cc1C.Cc1cc2c(cc1-c1cc(C(C)C)c(C)c[n+]1C)nc1ccccn12.[2H]C([2H])([2H])c1ccc(-c2cc3nc4ccccn4c3cc2C)[n+](C)c1. The van der Waals surface area contributed by atoms with Gasteiger partial charge in [0.15, 0.2) is 24.8 Å². The lowest BCUT2D eigenvalue weighted by atomic mass is 9.86. The van der Waals surface area contributed by atoms with Crippen LogP contribution in [-0.4, -0.2) is 37.5 Å². The summed E-state index contributed by atoms with van der Waals surface area (Å²) in [4.78, 5) is 19.1. The van der Waals surface area contributed by atoms with Gasteiger partial charge in [-0.2, -0.15) is 0 Å². The van der Waals surface area contributed by atoms with E-state index in [1.165, 1.54) is 83.8 Å². The van der Waals surface area contributed by atoms with Gasteiger partial charge in [0.1, 0.15) is 50.8 Å². The molecule has 0 aliphatic heterocycles. The Labute approximate surface area is 574 Å². The highest BCUT2D eigenvalue weighted by Gasteiger charge is 2.24. The number of pyridine rings is 8. The van der Waals surface area contributed by atoms with Gasteiger partial charge in [0.2, 0.25) is 22.8 Å². The van der Waals surface area contributed by atoms with Crippen molar-refractivity contribution in [3.05, 3.63) is 262 Å². The molecule has 4 aromatic carbocycles. The maximum absolute atomic E-state index is 7.56. The quantitative estimate of drug-likeness (QED) is 0.155. The van der Waals surface area contributed by atoms with Crippen LogP contribution in [0.4, 0.5) is 0 Å². The maximum Gasteiger partial charge on any atom is 0.212 e. The van der Waals surface area contributed by atoms with E-state index in [0.29, 0.717) is 11.5 Å². The van der Waals surface area contributed by atoms with Crippen molar-refractivity contribution in [2.45, 2.75) is 109 Å². The molecule has 12 heteroatoms. The predicted octanol–water partition coefficient (Wildman–Crippen LogP) is 17.4. The lowest BCUT2D eigenvalue weighted by Crippen LogP contribution is -2.32. The summed E-state index contributed by atoms with van der Waals surface area (Å²) in [5, 5.41) is 0. The third-order valence-electron chi connectivity index (χ3n) is 19.0. The highest BCUT2D eigenvalue weighted by atomic mass is 15.0. The number of benzene rings is 4. The molecule has 0 atom stereocenters. The Morgan fingerprint density at radius 1 is 0.371 bits per heavy atom. The fourth-order valence-corrected chi connectivity index (χ4v) is 13.9. The van der Waals surface area contributed by atoms with Gasteiger partial charge in [-0.3, -0.25) is 17.6 Å². The molecule has 0 radical (unpaired) electrons. The Morgan fingerprint density at radius 3 is 1.09 bits per heavy atom.